The van der Waals surface area contributed by atoms with Crippen molar-refractivity contribution in [2.75, 3.05) is 18.0 Å². The molecule has 4 rings (SSSR count). The normalized spacial score (nSPS) is 17.8. The van der Waals surface area contributed by atoms with Crippen LogP contribution in [-0.4, -0.2) is 55.9 Å². The third-order valence-electron chi connectivity index (χ3n) is 5.25. The van der Waals surface area contributed by atoms with Gasteiger partial charge in [0.05, 0.1) is 12.4 Å². The largest absolute Gasteiger partial charge is 0.341 e. The van der Waals surface area contributed by atoms with E-state index in [0.717, 1.165) is 60.4 Å². The van der Waals surface area contributed by atoms with Gasteiger partial charge in [-0.15, -0.1) is 0 Å². The number of rotatable bonds is 5. The third-order valence-corrected chi connectivity index (χ3v) is 5.81. The molecule has 0 spiro atoms. The van der Waals surface area contributed by atoms with Crippen molar-refractivity contribution in [2.45, 2.75) is 51.1 Å². The van der Waals surface area contributed by atoms with E-state index in [1.54, 1.807) is 12.4 Å². The predicted molar refractivity (Wildman–Crippen MR) is 111 cm³/mol. The van der Waals surface area contributed by atoms with Crippen molar-refractivity contribution in [2.24, 2.45) is 0 Å². The van der Waals surface area contributed by atoms with Crippen LogP contribution in [-0.2, 0) is 6.42 Å². The Hall–Kier alpha value is -1.84. The van der Waals surface area contributed by atoms with Crippen molar-refractivity contribution in [3.8, 4) is 0 Å². The van der Waals surface area contributed by atoms with Gasteiger partial charge in [-0.3, -0.25) is 4.79 Å². The molecule has 142 valence electrons. The number of aryl methyl sites for hydroxylation is 1. The summed E-state index contributed by atoms with van der Waals surface area (Å²) >= 11 is 2.10. The Balaban J connectivity index is 1.43. The number of aromatic nitrogens is 4. The van der Waals surface area contributed by atoms with E-state index in [2.05, 4.69) is 59.3 Å². The summed E-state index contributed by atoms with van der Waals surface area (Å²) < 4.78 is 0.796. The van der Waals surface area contributed by atoms with Crippen LogP contribution in [0.3, 0.4) is 0 Å². The van der Waals surface area contributed by atoms with Crippen molar-refractivity contribution >= 4 is 34.4 Å². The van der Waals surface area contributed by atoms with Crippen LogP contribution in [0.15, 0.2) is 24.8 Å². The molecular formula is C19H23IN6O. The fourth-order valence-electron chi connectivity index (χ4n) is 3.58. The minimum absolute atomic E-state index is 0.0170. The Morgan fingerprint density at radius 3 is 2.26 bits per heavy atom. The van der Waals surface area contributed by atoms with Gasteiger partial charge in [-0.05, 0) is 60.3 Å². The molecule has 1 saturated heterocycles. The van der Waals surface area contributed by atoms with Gasteiger partial charge in [0.1, 0.15) is 9.39 Å². The first-order valence-electron chi connectivity index (χ1n) is 9.51. The minimum atomic E-state index is 0.0170. The molecule has 7 nitrogen and oxygen atoms in total. The summed E-state index contributed by atoms with van der Waals surface area (Å²) in [5.74, 6) is 0.807. The Bertz CT molecular complexity index is 785. The maximum absolute atomic E-state index is 13.0. The van der Waals surface area contributed by atoms with Crippen LogP contribution in [0.25, 0.3) is 0 Å². The number of hydrogen-bond donors (Lipinski definition) is 0. The first-order chi connectivity index (χ1) is 13.2. The van der Waals surface area contributed by atoms with Gasteiger partial charge in [0.2, 0.25) is 5.95 Å². The Labute approximate surface area is 172 Å². The lowest BCUT2D eigenvalue weighted by atomic mass is 10.0. The summed E-state index contributed by atoms with van der Waals surface area (Å²) in [6.07, 6.45) is 12.0. The van der Waals surface area contributed by atoms with Gasteiger partial charge < -0.3 is 9.80 Å². The lowest BCUT2D eigenvalue weighted by Crippen LogP contribution is -2.49. The van der Waals surface area contributed by atoms with Crippen LogP contribution in [0, 0.1) is 3.70 Å². The molecule has 2 aliphatic rings. The zero-order valence-corrected chi connectivity index (χ0v) is 17.5. The summed E-state index contributed by atoms with van der Waals surface area (Å²) in [4.78, 5) is 34.8. The fourth-order valence-corrected chi connectivity index (χ4v) is 3.85. The van der Waals surface area contributed by atoms with E-state index in [4.69, 9.17) is 0 Å². The molecular weight excluding hydrogens is 455 g/mol. The number of halogens is 1. The Morgan fingerprint density at radius 1 is 1.04 bits per heavy atom. The second-order valence-electron chi connectivity index (χ2n) is 7.13. The van der Waals surface area contributed by atoms with Gasteiger partial charge in [-0.1, -0.05) is 6.92 Å². The summed E-state index contributed by atoms with van der Waals surface area (Å²) in [6, 6.07) is 0.604. The van der Waals surface area contributed by atoms with Crippen molar-refractivity contribution in [3.05, 3.63) is 39.7 Å². The maximum atomic E-state index is 13.0. The quantitative estimate of drug-likeness (QED) is 0.616. The molecule has 0 bridgehead atoms. The van der Waals surface area contributed by atoms with Crippen LogP contribution in [0.2, 0.25) is 0 Å². The molecule has 2 aromatic heterocycles. The van der Waals surface area contributed by atoms with E-state index in [-0.39, 0.29) is 11.9 Å². The molecule has 0 atom stereocenters. The lowest BCUT2D eigenvalue weighted by Gasteiger charge is -2.38. The average Bonchev–Trinajstić information content (AvgIpc) is 3.54. The molecule has 1 amide bonds. The van der Waals surface area contributed by atoms with Gasteiger partial charge in [0, 0.05) is 37.6 Å². The van der Waals surface area contributed by atoms with Gasteiger partial charge in [-0.2, -0.15) is 0 Å². The van der Waals surface area contributed by atoms with E-state index in [0.29, 0.717) is 11.7 Å². The molecule has 1 aliphatic heterocycles. The number of nitrogens with zero attached hydrogens (tertiary/aromatic N) is 6. The SMILES string of the molecule is CCc1cnc(N2CCC(N(C(=O)c3cnc(I)cn3)C3CC3)CC2)nc1. The monoisotopic (exact) mass is 478 g/mol. The Kier molecular flexibility index (Phi) is 5.51. The van der Waals surface area contributed by atoms with Crippen LogP contribution < -0.4 is 4.90 Å². The standard InChI is InChI=1S/C19H23IN6O/c1-2-13-9-23-19(24-10-13)25-7-5-15(6-8-25)26(14-3-4-14)18(27)16-11-22-17(20)12-21-16/h9-12,14-15H,2-8H2,1H3. The number of hydrogen-bond acceptors (Lipinski definition) is 6. The first-order valence-corrected chi connectivity index (χ1v) is 10.6. The summed E-state index contributed by atoms with van der Waals surface area (Å²) in [5, 5.41) is 0. The molecule has 0 unspecified atom stereocenters. The van der Waals surface area contributed by atoms with Crippen LogP contribution in [0.4, 0.5) is 5.95 Å². The molecule has 2 fully saturated rings. The lowest BCUT2D eigenvalue weighted by molar-refractivity contribution is 0.0623. The number of carbonyl (C=O) groups excluding carboxylic acids is 1. The third kappa shape index (κ3) is 4.20. The first kappa shape index (κ1) is 18.5. The highest BCUT2D eigenvalue weighted by atomic mass is 127. The molecule has 27 heavy (non-hydrogen) atoms. The van der Waals surface area contributed by atoms with Gasteiger partial charge >= 0.3 is 0 Å². The van der Waals surface area contributed by atoms with E-state index < -0.39 is 0 Å². The van der Waals surface area contributed by atoms with Crippen molar-refractivity contribution in [1.29, 1.82) is 0 Å². The molecule has 2 aromatic rings. The number of anilines is 1. The zero-order chi connectivity index (χ0) is 18.8. The van der Waals surface area contributed by atoms with E-state index >= 15 is 0 Å². The van der Waals surface area contributed by atoms with E-state index in [1.165, 1.54) is 0 Å². The average molecular weight is 478 g/mol. The zero-order valence-electron chi connectivity index (χ0n) is 15.4. The highest BCUT2D eigenvalue weighted by Crippen LogP contribution is 2.33. The smallest absolute Gasteiger partial charge is 0.274 e. The molecule has 1 saturated carbocycles. The number of amides is 1. The second-order valence-corrected chi connectivity index (χ2v) is 8.24. The van der Waals surface area contributed by atoms with E-state index in [9.17, 15) is 4.79 Å². The van der Waals surface area contributed by atoms with Crippen LogP contribution in [0.1, 0.15) is 48.7 Å². The summed E-state index contributed by atoms with van der Waals surface area (Å²) in [6.45, 7) is 3.83. The molecule has 0 radical (unpaired) electrons. The van der Waals surface area contributed by atoms with Crippen molar-refractivity contribution < 1.29 is 4.79 Å². The Morgan fingerprint density at radius 2 is 1.70 bits per heavy atom. The maximum Gasteiger partial charge on any atom is 0.274 e. The predicted octanol–water partition coefficient (Wildman–Crippen LogP) is 2.71. The van der Waals surface area contributed by atoms with Gasteiger partial charge in [0.25, 0.3) is 5.91 Å². The molecule has 1 aliphatic carbocycles. The molecule has 8 heteroatoms. The number of carbonyl (C=O) groups is 1. The molecule has 0 N–H and O–H groups in total. The second kappa shape index (κ2) is 8.04. The van der Waals surface area contributed by atoms with Gasteiger partial charge in [0.15, 0.2) is 0 Å². The van der Waals surface area contributed by atoms with Crippen LogP contribution in [0.5, 0.6) is 0 Å². The topological polar surface area (TPSA) is 75.1 Å². The highest BCUT2D eigenvalue weighted by Gasteiger charge is 2.39. The minimum Gasteiger partial charge on any atom is -0.341 e. The van der Waals surface area contributed by atoms with E-state index in [1.807, 2.05) is 12.4 Å². The van der Waals surface area contributed by atoms with Crippen molar-refractivity contribution in [1.82, 2.24) is 24.8 Å². The highest BCUT2D eigenvalue weighted by molar-refractivity contribution is 14.1. The summed E-state index contributed by atoms with van der Waals surface area (Å²) in [5.41, 5.74) is 1.60. The summed E-state index contributed by atoms with van der Waals surface area (Å²) in [7, 11) is 0. The molecule has 3 heterocycles. The number of piperidine rings is 1. The van der Waals surface area contributed by atoms with Crippen LogP contribution >= 0.6 is 22.6 Å². The molecule has 0 aromatic carbocycles. The van der Waals surface area contributed by atoms with Gasteiger partial charge in [-0.25, -0.2) is 19.9 Å². The van der Waals surface area contributed by atoms with Crippen molar-refractivity contribution in [3.63, 3.8) is 0 Å². The fraction of sp³-hybridized carbons (Fsp3) is 0.526.